The molecule has 0 aromatic carbocycles. The molecule has 6 nitrogen and oxygen atoms in total. The molecular weight excluding hydrogens is 420 g/mol. The number of allylic oxidation sites excluding steroid dienone is 1. The minimum absolute atomic E-state index is 0.0148. The van der Waals surface area contributed by atoms with Gasteiger partial charge in [0, 0.05) is 18.8 Å². The lowest BCUT2D eigenvalue weighted by molar-refractivity contribution is -0.165. The molecule has 1 N–H and O–H groups in total. The summed E-state index contributed by atoms with van der Waals surface area (Å²) in [5.74, 6) is 1.11. The zero-order valence-electron chi connectivity index (χ0n) is 20.8. The van der Waals surface area contributed by atoms with Crippen molar-refractivity contribution < 1.29 is 28.9 Å². The second-order valence-corrected chi connectivity index (χ2v) is 12.0. The molecule has 5 aliphatic rings. The van der Waals surface area contributed by atoms with E-state index in [0.29, 0.717) is 24.4 Å². The van der Waals surface area contributed by atoms with Crippen LogP contribution in [0, 0.1) is 28.6 Å². The summed E-state index contributed by atoms with van der Waals surface area (Å²) in [6.45, 7) is 10.1. The molecule has 0 amide bonds. The van der Waals surface area contributed by atoms with Gasteiger partial charge in [0.05, 0.1) is 19.1 Å². The number of carbonyl (C=O) groups is 2. The van der Waals surface area contributed by atoms with Gasteiger partial charge in [-0.25, -0.2) is 0 Å². The van der Waals surface area contributed by atoms with Crippen LogP contribution in [0.4, 0.5) is 0 Å². The van der Waals surface area contributed by atoms with Gasteiger partial charge in [-0.2, -0.15) is 0 Å². The molecule has 33 heavy (non-hydrogen) atoms. The van der Waals surface area contributed by atoms with Gasteiger partial charge in [-0.15, -0.1) is 0 Å². The van der Waals surface area contributed by atoms with E-state index < -0.39 is 11.2 Å². The highest BCUT2D eigenvalue weighted by Gasteiger charge is 2.82. The Hall–Kier alpha value is -1.40. The highest BCUT2D eigenvalue weighted by Crippen LogP contribution is 2.75. The highest BCUT2D eigenvalue weighted by molar-refractivity contribution is 5.71. The third-order valence-corrected chi connectivity index (χ3v) is 10.4. The Kier molecular flexibility index (Phi) is 5.34. The van der Waals surface area contributed by atoms with Gasteiger partial charge in [0.1, 0.15) is 17.3 Å². The first-order valence-electron chi connectivity index (χ1n) is 12.9. The molecule has 0 unspecified atom stereocenters. The lowest BCUT2D eigenvalue weighted by Gasteiger charge is -2.59. The van der Waals surface area contributed by atoms with Crippen molar-refractivity contribution in [1.29, 1.82) is 0 Å². The molecular formula is C27H40O6. The molecule has 4 fully saturated rings. The van der Waals surface area contributed by atoms with E-state index in [9.17, 15) is 14.7 Å². The minimum atomic E-state index is -1.23. The fourth-order valence-corrected chi connectivity index (χ4v) is 9.03. The fraction of sp³-hybridized carbons (Fsp3) is 0.852. The third kappa shape index (κ3) is 3.19. The maximum atomic E-state index is 12.3. The van der Waals surface area contributed by atoms with Crippen LogP contribution < -0.4 is 0 Å². The molecule has 0 aromatic heterocycles. The van der Waals surface area contributed by atoms with Gasteiger partial charge in [0.15, 0.2) is 0 Å². The molecule has 0 aromatic rings. The van der Waals surface area contributed by atoms with Crippen LogP contribution in [0.15, 0.2) is 11.6 Å². The van der Waals surface area contributed by atoms with E-state index in [0.717, 1.165) is 44.9 Å². The summed E-state index contributed by atoms with van der Waals surface area (Å²) in [5, 5.41) is 11.6. The van der Waals surface area contributed by atoms with Crippen molar-refractivity contribution in [3.8, 4) is 0 Å². The lowest BCUT2D eigenvalue weighted by atomic mass is 9.46. The Morgan fingerprint density at radius 1 is 1.24 bits per heavy atom. The van der Waals surface area contributed by atoms with E-state index in [-0.39, 0.29) is 41.4 Å². The number of esters is 2. The largest absolute Gasteiger partial charge is 0.466 e. The molecule has 1 aliphatic heterocycles. The van der Waals surface area contributed by atoms with Gasteiger partial charge in [0.25, 0.3) is 0 Å². The molecule has 0 bridgehead atoms. The van der Waals surface area contributed by atoms with Crippen LogP contribution in [0.2, 0.25) is 0 Å². The van der Waals surface area contributed by atoms with Crippen molar-refractivity contribution >= 4 is 11.9 Å². The predicted molar refractivity (Wildman–Crippen MR) is 122 cm³/mol. The number of ether oxygens (including phenoxy) is 3. The van der Waals surface area contributed by atoms with Crippen LogP contribution in [0.25, 0.3) is 0 Å². The Labute approximate surface area is 197 Å². The van der Waals surface area contributed by atoms with Gasteiger partial charge >= 0.3 is 11.9 Å². The number of hydrogen-bond donors (Lipinski definition) is 1. The van der Waals surface area contributed by atoms with Crippen LogP contribution in [0.3, 0.4) is 0 Å². The zero-order valence-corrected chi connectivity index (χ0v) is 20.8. The van der Waals surface area contributed by atoms with Crippen LogP contribution in [-0.2, 0) is 23.8 Å². The Bertz CT molecular complexity index is 878. The summed E-state index contributed by atoms with van der Waals surface area (Å²) in [5.41, 5.74) is -0.392. The molecule has 9 atom stereocenters. The predicted octanol–water partition coefficient (Wildman–Crippen LogP) is 4.33. The summed E-state index contributed by atoms with van der Waals surface area (Å²) < 4.78 is 17.0. The summed E-state index contributed by atoms with van der Waals surface area (Å²) in [4.78, 5) is 23.8. The maximum Gasteiger partial charge on any atom is 0.308 e. The van der Waals surface area contributed by atoms with E-state index in [4.69, 9.17) is 14.2 Å². The van der Waals surface area contributed by atoms with Crippen LogP contribution in [-0.4, -0.2) is 47.1 Å². The van der Waals surface area contributed by atoms with E-state index in [1.165, 1.54) is 12.5 Å². The molecule has 1 saturated heterocycles. The standard InChI is InChI=1S/C27H40O6/c1-6-31-23(29)15-26(5,30)27-22(33-27)14-21-19-8-7-17-13-18(32-16(2)28)9-11-24(17,3)20(19)10-12-25(21,27)4/h7,18-22,30H,6,8-15H2,1-5H3/t18-,19-,20+,21-,22+,24-,25-,26-,27+/m0/s1. The van der Waals surface area contributed by atoms with Crippen molar-refractivity contribution in [3.05, 3.63) is 11.6 Å². The molecule has 6 heteroatoms. The summed E-state index contributed by atoms with van der Waals surface area (Å²) in [6, 6.07) is 0. The van der Waals surface area contributed by atoms with E-state index in [2.05, 4.69) is 19.9 Å². The van der Waals surface area contributed by atoms with Crippen molar-refractivity contribution in [2.75, 3.05) is 6.61 Å². The first kappa shape index (κ1) is 23.3. The molecule has 184 valence electrons. The lowest BCUT2D eigenvalue weighted by Crippen LogP contribution is -2.59. The monoisotopic (exact) mass is 460 g/mol. The van der Waals surface area contributed by atoms with Gasteiger partial charge in [-0.1, -0.05) is 25.5 Å². The van der Waals surface area contributed by atoms with Crippen molar-refractivity contribution in [3.63, 3.8) is 0 Å². The third-order valence-electron chi connectivity index (χ3n) is 10.4. The number of hydrogen-bond acceptors (Lipinski definition) is 6. The number of aliphatic hydroxyl groups is 1. The number of epoxide rings is 1. The second kappa shape index (κ2) is 7.55. The van der Waals surface area contributed by atoms with E-state index in [1.54, 1.807) is 13.8 Å². The Morgan fingerprint density at radius 3 is 2.70 bits per heavy atom. The first-order chi connectivity index (χ1) is 15.5. The fourth-order valence-electron chi connectivity index (χ4n) is 9.03. The topological polar surface area (TPSA) is 85.4 Å². The van der Waals surface area contributed by atoms with Gasteiger partial charge in [0.2, 0.25) is 0 Å². The van der Waals surface area contributed by atoms with Gasteiger partial charge in [-0.3, -0.25) is 9.59 Å². The summed E-state index contributed by atoms with van der Waals surface area (Å²) in [6.07, 6.45) is 9.44. The summed E-state index contributed by atoms with van der Waals surface area (Å²) >= 11 is 0. The van der Waals surface area contributed by atoms with Crippen molar-refractivity contribution in [2.24, 2.45) is 28.6 Å². The SMILES string of the molecule is CCOC(=O)C[C@](C)(O)[C@@]12O[C@@H]1C[C@H]1[C@H]3CC=C4C[C@@H](OC(C)=O)CC[C@]4(C)[C@@H]3CC[C@@]12C. The van der Waals surface area contributed by atoms with Crippen LogP contribution in [0.5, 0.6) is 0 Å². The summed E-state index contributed by atoms with van der Waals surface area (Å²) in [7, 11) is 0. The van der Waals surface area contributed by atoms with Crippen LogP contribution >= 0.6 is 0 Å². The number of carbonyl (C=O) groups excluding carboxylic acids is 2. The molecule has 5 rings (SSSR count). The second-order valence-electron chi connectivity index (χ2n) is 12.0. The molecule has 1 heterocycles. The van der Waals surface area contributed by atoms with Crippen molar-refractivity contribution in [2.45, 2.75) is 109 Å². The van der Waals surface area contributed by atoms with Crippen LogP contribution in [0.1, 0.15) is 86.0 Å². The number of rotatable bonds is 5. The molecule has 3 saturated carbocycles. The van der Waals surface area contributed by atoms with Gasteiger partial charge < -0.3 is 19.3 Å². The molecule has 0 spiro atoms. The normalized spacial score (nSPS) is 47.1. The average molecular weight is 461 g/mol. The van der Waals surface area contributed by atoms with E-state index >= 15 is 0 Å². The van der Waals surface area contributed by atoms with Crippen molar-refractivity contribution in [1.82, 2.24) is 0 Å². The smallest absolute Gasteiger partial charge is 0.308 e. The quantitative estimate of drug-likeness (QED) is 0.373. The molecule has 0 radical (unpaired) electrons. The number of fused-ring (bicyclic) bond motifs is 7. The van der Waals surface area contributed by atoms with E-state index in [1.807, 2.05) is 0 Å². The molecule has 4 aliphatic carbocycles. The first-order valence-corrected chi connectivity index (χ1v) is 12.9. The highest BCUT2D eigenvalue weighted by atomic mass is 16.6. The average Bonchev–Trinajstić information content (AvgIpc) is 3.41. The minimum Gasteiger partial charge on any atom is -0.466 e. The zero-order chi connectivity index (χ0) is 23.8. The van der Waals surface area contributed by atoms with Gasteiger partial charge in [-0.05, 0) is 75.5 Å². The Balaban J connectivity index is 1.39. The Morgan fingerprint density at radius 2 is 2.00 bits per heavy atom. The maximum absolute atomic E-state index is 12.3.